The number of hydrogen-bond acceptors (Lipinski definition) is 2. The summed E-state index contributed by atoms with van der Waals surface area (Å²) in [5, 5.41) is 16.2. The van der Waals surface area contributed by atoms with Crippen LogP contribution in [0.15, 0.2) is 24.3 Å². The van der Waals surface area contributed by atoms with Crippen LogP contribution in [-0.4, -0.2) is 22.8 Å². The number of hydrogen-bond donors (Lipinski definition) is 2. The summed E-state index contributed by atoms with van der Waals surface area (Å²) in [6.45, 7) is 6.09. The summed E-state index contributed by atoms with van der Waals surface area (Å²) in [6, 6.07) is 6.98. The Bertz CT molecular complexity index is 288. The monoisotopic (exact) mass is 210 g/mol. The predicted octanol–water partition coefficient (Wildman–Crippen LogP) is 2.51. The Balaban J connectivity index is 0.000000583. The molecule has 0 bridgehead atoms. The van der Waals surface area contributed by atoms with Gasteiger partial charge in [-0.3, -0.25) is 0 Å². The van der Waals surface area contributed by atoms with Crippen molar-refractivity contribution in [3.8, 4) is 0 Å². The van der Waals surface area contributed by atoms with Gasteiger partial charge in [0.2, 0.25) is 0 Å². The van der Waals surface area contributed by atoms with Crippen LogP contribution in [0.3, 0.4) is 0 Å². The van der Waals surface area contributed by atoms with Crippen molar-refractivity contribution < 1.29 is 15.0 Å². The lowest BCUT2D eigenvalue weighted by atomic mass is 10.0. The van der Waals surface area contributed by atoms with Gasteiger partial charge in [0.15, 0.2) is 0 Å². The zero-order chi connectivity index (χ0) is 11.8. The number of carboxylic acids is 1. The molecule has 0 unspecified atom stereocenters. The Labute approximate surface area is 90.4 Å². The molecule has 0 fully saturated rings. The van der Waals surface area contributed by atoms with Crippen molar-refractivity contribution in [2.45, 2.75) is 26.7 Å². The Hall–Kier alpha value is -1.35. The van der Waals surface area contributed by atoms with Gasteiger partial charge in [-0.25, -0.2) is 4.79 Å². The van der Waals surface area contributed by atoms with Gasteiger partial charge in [-0.15, -0.1) is 0 Å². The molecule has 1 aromatic carbocycles. The number of aliphatic hydroxyl groups is 1. The number of rotatable bonds is 2. The van der Waals surface area contributed by atoms with Gasteiger partial charge in [0.25, 0.3) is 0 Å². The number of aromatic carboxylic acids is 1. The van der Waals surface area contributed by atoms with Crippen molar-refractivity contribution >= 4 is 5.97 Å². The standard InChI is InChI=1S/C10H12O2.C2H6O/c1-7(2)8-3-5-9(6-4-8)10(11)12;1-2-3/h3-7H,1-2H3,(H,11,12);3H,2H2,1H3. The molecule has 0 radical (unpaired) electrons. The molecule has 1 aromatic rings. The third-order valence-electron chi connectivity index (χ3n) is 1.82. The summed E-state index contributed by atoms with van der Waals surface area (Å²) >= 11 is 0. The summed E-state index contributed by atoms with van der Waals surface area (Å²) in [7, 11) is 0. The summed E-state index contributed by atoms with van der Waals surface area (Å²) in [4.78, 5) is 10.5. The van der Waals surface area contributed by atoms with E-state index in [-0.39, 0.29) is 6.61 Å². The SMILES string of the molecule is CC(C)c1ccc(C(=O)O)cc1.CCO. The van der Waals surface area contributed by atoms with Gasteiger partial charge in [-0.2, -0.15) is 0 Å². The molecule has 0 atom stereocenters. The number of carbonyl (C=O) groups is 1. The van der Waals surface area contributed by atoms with Crippen molar-refractivity contribution in [3.63, 3.8) is 0 Å². The van der Waals surface area contributed by atoms with Crippen LogP contribution in [0.25, 0.3) is 0 Å². The molecule has 0 saturated carbocycles. The highest BCUT2D eigenvalue weighted by Crippen LogP contribution is 2.14. The Morgan fingerprint density at radius 1 is 1.27 bits per heavy atom. The van der Waals surface area contributed by atoms with Crippen LogP contribution in [-0.2, 0) is 0 Å². The van der Waals surface area contributed by atoms with Gasteiger partial charge in [-0.1, -0.05) is 26.0 Å². The van der Waals surface area contributed by atoms with E-state index in [1.165, 1.54) is 5.56 Å². The number of benzene rings is 1. The van der Waals surface area contributed by atoms with E-state index in [1.807, 2.05) is 12.1 Å². The fourth-order valence-electron chi connectivity index (χ4n) is 1.01. The molecule has 0 amide bonds. The third-order valence-corrected chi connectivity index (χ3v) is 1.82. The zero-order valence-corrected chi connectivity index (χ0v) is 9.40. The summed E-state index contributed by atoms with van der Waals surface area (Å²) in [6.07, 6.45) is 0. The van der Waals surface area contributed by atoms with E-state index >= 15 is 0 Å². The Kier molecular flexibility index (Phi) is 6.38. The van der Waals surface area contributed by atoms with Gasteiger partial charge < -0.3 is 10.2 Å². The molecule has 0 aliphatic rings. The van der Waals surface area contributed by atoms with Crippen molar-refractivity contribution in [2.75, 3.05) is 6.61 Å². The number of aliphatic hydroxyl groups excluding tert-OH is 1. The highest BCUT2D eigenvalue weighted by atomic mass is 16.4. The molecule has 3 nitrogen and oxygen atoms in total. The predicted molar refractivity (Wildman–Crippen MR) is 60.3 cm³/mol. The lowest BCUT2D eigenvalue weighted by molar-refractivity contribution is 0.0697. The van der Waals surface area contributed by atoms with Crippen LogP contribution < -0.4 is 0 Å². The lowest BCUT2D eigenvalue weighted by Crippen LogP contribution is -1.96. The second kappa shape index (κ2) is 7.01. The quantitative estimate of drug-likeness (QED) is 0.788. The Morgan fingerprint density at radius 3 is 1.93 bits per heavy atom. The smallest absolute Gasteiger partial charge is 0.335 e. The minimum Gasteiger partial charge on any atom is -0.478 e. The van der Waals surface area contributed by atoms with Crippen LogP contribution in [0.4, 0.5) is 0 Å². The van der Waals surface area contributed by atoms with Gasteiger partial charge in [0.05, 0.1) is 5.56 Å². The van der Waals surface area contributed by atoms with E-state index in [0.29, 0.717) is 11.5 Å². The van der Waals surface area contributed by atoms with E-state index < -0.39 is 5.97 Å². The van der Waals surface area contributed by atoms with Gasteiger partial charge in [0.1, 0.15) is 0 Å². The van der Waals surface area contributed by atoms with Gasteiger partial charge >= 0.3 is 5.97 Å². The molecule has 84 valence electrons. The summed E-state index contributed by atoms with van der Waals surface area (Å²) in [5.41, 5.74) is 1.51. The molecule has 0 heterocycles. The van der Waals surface area contributed by atoms with E-state index in [2.05, 4.69) is 13.8 Å². The first-order valence-electron chi connectivity index (χ1n) is 4.97. The molecule has 0 aliphatic heterocycles. The third kappa shape index (κ3) is 5.18. The molecule has 0 spiro atoms. The van der Waals surface area contributed by atoms with Crippen molar-refractivity contribution in [2.24, 2.45) is 0 Å². The normalized spacial score (nSPS) is 9.40. The largest absolute Gasteiger partial charge is 0.478 e. The molecule has 2 N–H and O–H groups in total. The van der Waals surface area contributed by atoms with Gasteiger partial charge in [-0.05, 0) is 30.5 Å². The second-order valence-electron chi connectivity index (χ2n) is 3.40. The maximum Gasteiger partial charge on any atom is 0.335 e. The van der Waals surface area contributed by atoms with E-state index in [9.17, 15) is 4.79 Å². The molecular formula is C12H18O3. The topological polar surface area (TPSA) is 57.5 Å². The van der Waals surface area contributed by atoms with Crippen molar-refractivity contribution in [1.82, 2.24) is 0 Å². The average molecular weight is 210 g/mol. The lowest BCUT2D eigenvalue weighted by Gasteiger charge is -2.04. The molecule has 3 heteroatoms. The van der Waals surface area contributed by atoms with Crippen LogP contribution in [0.2, 0.25) is 0 Å². The minimum atomic E-state index is -0.870. The second-order valence-corrected chi connectivity index (χ2v) is 3.40. The molecule has 0 aromatic heterocycles. The average Bonchev–Trinajstić information content (AvgIpc) is 2.19. The van der Waals surface area contributed by atoms with Crippen LogP contribution in [0.5, 0.6) is 0 Å². The highest BCUT2D eigenvalue weighted by Gasteiger charge is 2.02. The zero-order valence-electron chi connectivity index (χ0n) is 9.40. The van der Waals surface area contributed by atoms with Crippen LogP contribution >= 0.6 is 0 Å². The molecule has 0 saturated heterocycles. The minimum absolute atomic E-state index is 0.250. The van der Waals surface area contributed by atoms with E-state index in [1.54, 1.807) is 19.1 Å². The fourth-order valence-corrected chi connectivity index (χ4v) is 1.01. The molecule has 0 aliphatic carbocycles. The van der Waals surface area contributed by atoms with Crippen LogP contribution in [0, 0.1) is 0 Å². The summed E-state index contributed by atoms with van der Waals surface area (Å²) < 4.78 is 0. The molecule has 15 heavy (non-hydrogen) atoms. The maximum atomic E-state index is 10.5. The van der Waals surface area contributed by atoms with E-state index in [0.717, 1.165) is 0 Å². The van der Waals surface area contributed by atoms with Crippen molar-refractivity contribution in [3.05, 3.63) is 35.4 Å². The first-order chi connectivity index (χ1) is 7.02. The highest BCUT2D eigenvalue weighted by molar-refractivity contribution is 5.87. The fraction of sp³-hybridized carbons (Fsp3) is 0.417. The van der Waals surface area contributed by atoms with Crippen molar-refractivity contribution in [1.29, 1.82) is 0 Å². The molecular weight excluding hydrogens is 192 g/mol. The molecule has 1 rings (SSSR count). The number of carboxylic acid groups (broad SMARTS) is 1. The summed E-state index contributed by atoms with van der Waals surface area (Å²) in [5.74, 6) is -0.418. The Morgan fingerprint density at radius 2 is 1.67 bits per heavy atom. The van der Waals surface area contributed by atoms with Gasteiger partial charge in [0, 0.05) is 6.61 Å². The maximum absolute atomic E-state index is 10.5. The first kappa shape index (κ1) is 13.7. The first-order valence-corrected chi connectivity index (χ1v) is 4.97. The van der Waals surface area contributed by atoms with E-state index in [4.69, 9.17) is 10.2 Å². The van der Waals surface area contributed by atoms with Crippen LogP contribution in [0.1, 0.15) is 42.6 Å².